The number of rotatable bonds is 4. The standard InChI is InChI=1S/C16H23BrN2O2/c1-16(2)4-3-11(7-16)19-13(8-18)10-5-12(17)15-14(6-10)20-9-21-15/h5-6,11,13,19H,3-4,7-9,18H2,1-2H3. The molecule has 4 nitrogen and oxygen atoms in total. The molecule has 1 aliphatic heterocycles. The number of halogens is 1. The molecule has 1 heterocycles. The van der Waals surface area contributed by atoms with E-state index in [1.165, 1.54) is 19.3 Å². The van der Waals surface area contributed by atoms with Gasteiger partial charge in [-0.05, 0) is 58.3 Å². The second kappa shape index (κ2) is 5.78. The summed E-state index contributed by atoms with van der Waals surface area (Å²) in [7, 11) is 0. The van der Waals surface area contributed by atoms with Crippen molar-refractivity contribution in [3.63, 3.8) is 0 Å². The van der Waals surface area contributed by atoms with Crippen LogP contribution in [0.1, 0.15) is 44.7 Å². The Morgan fingerprint density at radius 3 is 2.90 bits per heavy atom. The maximum Gasteiger partial charge on any atom is 0.231 e. The van der Waals surface area contributed by atoms with Crippen LogP contribution >= 0.6 is 15.9 Å². The first-order valence-electron chi connectivity index (χ1n) is 7.54. The van der Waals surface area contributed by atoms with Gasteiger partial charge in [-0.3, -0.25) is 0 Å². The summed E-state index contributed by atoms with van der Waals surface area (Å²) >= 11 is 3.55. The summed E-state index contributed by atoms with van der Waals surface area (Å²) < 4.78 is 11.9. The van der Waals surface area contributed by atoms with E-state index in [-0.39, 0.29) is 12.8 Å². The van der Waals surface area contributed by atoms with Crippen molar-refractivity contribution in [3.05, 3.63) is 22.2 Å². The Bertz CT molecular complexity index is 533. The van der Waals surface area contributed by atoms with Crippen LogP contribution < -0.4 is 20.5 Å². The average Bonchev–Trinajstić information content (AvgIpc) is 3.02. The molecule has 0 bridgehead atoms. The van der Waals surface area contributed by atoms with E-state index in [4.69, 9.17) is 15.2 Å². The van der Waals surface area contributed by atoms with Crippen molar-refractivity contribution in [1.29, 1.82) is 0 Å². The van der Waals surface area contributed by atoms with Crippen LogP contribution in [-0.2, 0) is 0 Å². The van der Waals surface area contributed by atoms with Crippen molar-refractivity contribution < 1.29 is 9.47 Å². The maximum atomic E-state index is 6.00. The lowest BCUT2D eigenvalue weighted by molar-refractivity contribution is 0.173. The molecule has 1 saturated carbocycles. The topological polar surface area (TPSA) is 56.5 Å². The number of hydrogen-bond acceptors (Lipinski definition) is 4. The minimum Gasteiger partial charge on any atom is -0.454 e. The zero-order valence-corrected chi connectivity index (χ0v) is 14.2. The van der Waals surface area contributed by atoms with E-state index in [0.29, 0.717) is 18.0 Å². The van der Waals surface area contributed by atoms with Crippen LogP contribution in [0.4, 0.5) is 0 Å². The van der Waals surface area contributed by atoms with Gasteiger partial charge in [0.25, 0.3) is 0 Å². The van der Waals surface area contributed by atoms with Gasteiger partial charge >= 0.3 is 0 Å². The van der Waals surface area contributed by atoms with Gasteiger partial charge in [0.1, 0.15) is 0 Å². The van der Waals surface area contributed by atoms with Crippen LogP contribution in [0.5, 0.6) is 11.5 Å². The number of fused-ring (bicyclic) bond motifs is 1. The SMILES string of the molecule is CC1(C)CCC(NC(CN)c2cc(Br)c3c(c2)OCO3)C1. The van der Waals surface area contributed by atoms with E-state index in [9.17, 15) is 0 Å². The summed E-state index contributed by atoms with van der Waals surface area (Å²) in [6, 6.07) is 4.81. The molecule has 2 aliphatic rings. The Labute approximate surface area is 134 Å². The predicted molar refractivity (Wildman–Crippen MR) is 86.6 cm³/mol. The van der Waals surface area contributed by atoms with Gasteiger partial charge in [-0.25, -0.2) is 0 Å². The average molecular weight is 355 g/mol. The Kier molecular flexibility index (Phi) is 4.17. The minimum absolute atomic E-state index is 0.148. The molecule has 3 rings (SSSR count). The van der Waals surface area contributed by atoms with Crippen LogP contribution in [0.25, 0.3) is 0 Å². The van der Waals surface area contributed by atoms with Crippen molar-refractivity contribution in [2.24, 2.45) is 11.1 Å². The molecule has 1 aromatic rings. The van der Waals surface area contributed by atoms with Gasteiger partial charge in [0.15, 0.2) is 11.5 Å². The highest BCUT2D eigenvalue weighted by atomic mass is 79.9. The van der Waals surface area contributed by atoms with Crippen LogP contribution in [0, 0.1) is 5.41 Å². The molecule has 3 N–H and O–H groups in total. The highest BCUT2D eigenvalue weighted by Gasteiger charge is 2.32. The van der Waals surface area contributed by atoms with E-state index in [1.807, 2.05) is 6.07 Å². The third-order valence-electron chi connectivity index (χ3n) is 4.49. The molecular weight excluding hydrogens is 332 g/mol. The van der Waals surface area contributed by atoms with E-state index in [2.05, 4.69) is 41.2 Å². The largest absolute Gasteiger partial charge is 0.454 e. The van der Waals surface area contributed by atoms with Gasteiger partial charge in [0, 0.05) is 18.6 Å². The number of hydrogen-bond donors (Lipinski definition) is 2. The molecule has 1 fully saturated rings. The molecule has 2 unspecified atom stereocenters. The first-order chi connectivity index (χ1) is 9.98. The third-order valence-corrected chi connectivity index (χ3v) is 5.08. The second-order valence-electron chi connectivity index (χ2n) is 6.80. The third kappa shape index (κ3) is 3.20. The fourth-order valence-electron chi connectivity index (χ4n) is 3.35. The Hall–Kier alpha value is -0.780. The van der Waals surface area contributed by atoms with Crippen LogP contribution in [0.2, 0.25) is 0 Å². The van der Waals surface area contributed by atoms with E-state index < -0.39 is 0 Å². The maximum absolute atomic E-state index is 6.00. The van der Waals surface area contributed by atoms with Crippen molar-refractivity contribution >= 4 is 15.9 Å². The zero-order chi connectivity index (χ0) is 15.0. The Morgan fingerprint density at radius 1 is 1.43 bits per heavy atom. The number of ether oxygens (including phenoxy) is 2. The molecule has 0 radical (unpaired) electrons. The fraction of sp³-hybridized carbons (Fsp3) is 0.625. The fourth-order valence-corrected chi connectivity index (χ4v) is 3.93. The molecule has 0 aromatic heterocycles. The number of benzene rings is 1. The Morgan fingerprint density at radius 2 is 2.24 bits per heavy atom. The quantitative estimate of drug-likeness (QED) is 0.870. The van der Waals surface area contributed by atoms with Gasteiger partial charge in [-0.2, -0.15) is 0 Å². The van der Waals surface area contributed by atoms with Crippen LogP contribution in [0.15, 0.2) is 16.6 Å². The zero-order valence-electron chi connectivity index (χ0n) is 12.6. The van der Waals surface area contributed by atoms with Gasteiger partial charge in [-0.1, -0.05) is 13.8 Å². The van der Waals surface area contributed by atoms with Crippen LogP contribution in [-0.4, -0.2) is 19.4 Å². The van der Waals surface area contributed by atoms with Gasteiger partial charge in [0.05, 0.1) is 4.47 Å². The number of nitrogens with two attached hydrogens (primary N) is 1. The molecule has 21 heavy (non-hydrogen) atoms. The molecule has 1 aliphatic carbocycles. The molecule has 0 spiro atoms. The van der Waals surface area contributed by atoms with Crippen molar-refractivity contribution in [2.75, 3.05) is 13.3 Å². The highest BCUT2D eigenvalue weighted by molar-refractivity contribution is 9.10. The summed E-state index contributed by atoms with van der Waals surface area (Å²) in [4.78, 5) is 0. The second-order valence-corrected chi connectivity index (χ2v) is 7.65. The summed E-state index contributed by atoms with van der Waals surface area (Å²) in [5.41, 5.74) is 7.58. The normalized spacial score (nSPS) is 24.3. The smallest absolute Gasteiger partial charge is 0.231 e. The first kappa shape index (κ1) is 15.1. The molecule has 116 valence electrons. The molecule has 0 amide bonds. The van der Waals surface area contributed by atoms with Crippen LogP contribution in [0.3, 0.4) is 0 Å². The molecule has 1 aromatic carbocycles. The van der Waals surface area contributed by atoms with Gasteiger partial charge < -0.3 is 20.5 Å². The lowest BCUT2D eigenvalue weighted by Crippen LogP contribution is -2.35. The molecule has 2 atom stereocenters. The Balaban J connectivity index is 1.76. The number of nitrogens with one attached hydrogen (secondary N) is 1. The van der Waals surface area contributed by atoms with Crippen molar-refractivity contribution in [2.45, 2.75) is 45.2 Å². The summed E-state index contributed by atoms with van der Waals surface area (Å²) in [6.45, 7) is 5.53. The predicted octanol–water partition coefficient (Wildman–Crippen LogP) is 3.35. The summed E-state index contributed by atoms with van der Waals surface area (Å²) in [5, 5.41) is 3.71. The van der Waals surface area contributed by atoms with Crippen molar-refractivity contribution in [3.8, 4) is 11.5 Å². The van der Waals surface area contributed by atoms with E-state index in [0.717, 1.165) is 21.5 Å². The lowest BCUT2D eigenvalue weighted by Gasteiger charge is -2.24. The van der Waals surface area contributed by atoms with E-state index in [1.54, 1.807) is 0 Å². The molecule has 5 heteroatoms. The van der Waals surface area contributed by atoms with Gasteiger partial charge in [0.2, 0.25) is 6.79 Å². The van der Waals surface area contributed by atoms with E-state index >= 15 is 0 Å². The lowest BCUT2D eigenvalue weighted by atomic mass is 9.91. The first-order valence-corrected chi connectivity index (χ1v) is 8.33. The monoisotopic (exact) mass is 354 g/mol. The van der Waals surface area contributed by atoms with Gasteiger partial charge in [-0.15, -0.1) is 0 Å². The molecule has 0 saturated heterocycles. The summed E-state index contributed by atoms with van der Waals surface area (Å²) in [5.74, 6) is 1.59. The minimum atomic E-state index is 0.148. The highest BCUT2D eigenvalue weighted by Crippen LogP contribution is 2.42. The molecular formula is C16H23BrN2O2. The summed E-state index contributed by atoms with van der Waals surface area (Å²) in [6.07, 6.45) is 3.69. The van der Waals surface area contributed by atoms with Crippen molar-refractivity contribution in [1.82, 2.24) is 5.32 Å².